The zero-order valence-corrected chi connectivity index (χ0v) is 19.9. The van der Waals surface area contributed by atoms with Crippen molar-refractivity contribution in [3.05, 3.63) is 0 Å². The largest absolute Gasteiger partial charge is 0.770 e. The molecule has 0 spiro atoms. The van der Waals surface area contributed by atoms with E-state index >= 15 is 0 Å². The topological polar surface area (TPSA) is 107 Å². The van der Waals surface area contributed by atoms with Crippen LogP contribution in [0.1, 0.15) is 54.4 Å². The normalized spacial score (nSPS) is 37.5. The van der Waals surface area contributed by atoms with Gasteiger partial charge in [-0.05, 0) is 41.5 Å². The van der Waals surface area contributed by atoms with Crippen LogP contribution < -0.4 is 4.89 Å². The molecular formula is C19H36O8PS-. The van der Waals surface area contributed by atoms with E-state index in [4.69, 9.17) is 23.5 Å². The summed E-state index contributed by atoms with van der Waals surface area (Å²) >= 11 is 0.727. The lowest BCUT2D eigenvalue weighted by Crippen LogP contribution is -2.49. The quantitative estimate of drug-likeness (QED) is 0.470. The van der Waals surface area contributed by atoms with E-state index < -0.39 is 18.5 Å². The maximum absolute atomic E-state index is 12.7. The third kappa shape index (κ3) is 7.44. The molecule has 2 rings (SSSR count). The molecule has 172 valence electrons. The molecule has 2 unspecified atom stereocenters. The summed E-state index contributed by atoms with van der Waals surface area (Å²) in [6.07, 6.45) is -0.398. The standard InChI is InChI=1S/C19H37O8PS/c1-12(2)23-11-19(10-20)18(8-15(6)26-19)27-28(21,22)29-9-17-16(24-13(3)4)7-14(5)25-17/h12-18,20H,7-11H2,1-6H3,(H,21,22)/p-1/t14-,15-,16?,17+,18+,19+/m0/s1. The Morgan fingerprint density at radius 1 is 1.21 bits per heavy atom. The van der Waals surface area contributed by atoms with Crippen molar-refractivity contribution >= 4 is 18.2 Å². The third-order valence-electron chi connectivity index (χ3n) is 4.98. The first kappa shape index (κ1) is 25.6. The van der Waals surface area contributed by atoms with Crippen molar-refractivity contribution in [1.29, 1.82) is 0 Å². The molecule has 0 saturated carbocycles. The summed E-state index contributed by atoms with van der Waals surface area (Å²) in [5, 5.41) is 9.94. The fourth-order valence-corrected chi connectivity index (χ4v) is 6.47. The van der Waals surface area contributed by atoms with Gasteiger partial charge in [0, 0.05) is 18.6 Å². The van der Waals surface area contributed by atoms with Gasteiger partial charge in [-0.15, -0.1) is 0 Å². The first-order chi connectivity index (χ1) is 13.5. The van der Waals surface area contributed by atoms with Gasteiger partial charge in [0.05, 0.1) is 49.8 Å². The summed E-state index contributed by atoms with van der Waals surface area (Å²) in [5.74, 6) is 0.222. The molecule has 0 aromatic heterocycles. The molecular weight excluding hydrogens is 419 g/mol. The van der Waals surface area contributed by atoms with Crippen LogP contribution in [0, 0.1) is 0 Å². The molecule has 0 aromatic rings. The van der Waals surface area contributed by atoms with Crippen LogP contribution >= 0.6 is 18.2 Å². The molecule has 0 aliphatic carbocycles. The highest BCUT2D eigenvalue weighted by molar-refractivity contribution is 8.54. The van der Waals surface area contributed by atoms with Crippen LogP contribution in [-0.4, -0.2) is 72.4 Å². The molecule has 1 N–H and O–H groups in total. The zero-order chi connectivity index (χ0) is 21.8. The van der Waals surface area contributed by atoms with E-state index in [0.29, 0.717) is 6.42 Å². The fraction of sp³-hybridized carbons (Fsp3) is 1.00. The third-order valence-corrected chi connectivity index (χ3v) is 7.94. The highest BCUT2D eigenvalue weighted by atomic mass is 32.7. The number of ether oxygens (including phenoxy) is 4. The van der Waals surface area contributed by atoms with E-state index in [1.165, 1.54) is 0 Å². The van der Waals surface area contributed by atoms with Gasteiger partial charge in [0.15, 0.2) is 6.80 Å². The van der Waals surface area contributed by atoms with Crippen molar-refractivity contribution in [2.24, 2.45) is 0 Å². The maximum Gasteiger partial charge on any atom is 0.192 e. The molecule has 0 bridgehead atoms. The molecule has 0 amide bonds. The Morgan fingerprint density at radius 3 is 2.48 bits per heavy atom. The molecule has 10 heteroatoms. The molecule has 0 aromatic carbocycles. The van der Waals surface area contributed by atoms with E-state index in [9.17, 15) is 14.6 Å². The van der Waals surface area contributed by atoms with E-state index in [-0.39, 0.29) is 55.6 Å². The molecule has 2 fully saturated rings. The lowest BCUT2D eigenvalue weighted by Gasteiger charge is -2.36. The SMILES string of the molecule is CC(C)OC[C@@]1(CO)O[C@@H](C)C[C@H]1OP(=O)([O-])SC[C@H]1O[C@@H](C)CC1OC(C)C. The highest BCUT2D eigenvalue weighted by Crippen LogP contribution is 2.56. The Bertz CT molecular complexity index is 562. The van der Waals surface area contributed by atoms with Crippen molar-refractivity contribution in [3.8, 4) is 0 Å². The minimum atomic E-state index is -4.26. The van der Waals surface area contributed by atoms with Gasteiger partial charge in [0.1, 0.15) is 11.7 Å². The van der Waals surface area contributed by atoms with Crippen LogP contribution in [0.15, 0.2) is 0 Å². The number of aliphatic hydroxyl groups excluding tert-OH is 1. The Kier molecular flexibility index (Phi) is 9.47. The fourth-order valence-electron chi connectivity index (χ4n) is 3.71. The van der Waals surface area contributed by atoms with Crippen molar-refractivity contribution in [3.63, 3.8) is 0 Å². The van der Waals surface area contributed by atoms with Gasteiger partial charge in [0.25, 0.3) is 0 Å². The average Bonchev–Trinajstić information content (AvgIpc) is 3.09. The van der Waals surface area contributed by atoms with Crippen LogP contribution in [0.3, 0.4) is 0 Å². The zero-order valence-electron chi connectivity index (χ0n) is 18.2. The second-order valence-corrected chi connectivity index (χ2v) is 12.3. The van der Waals surface area contributed by atoms with Crippen molar-refractivity contribution in [2.75, 3.05) is 19.0 Å². The summed E-state index contributed by atoms with van der Waals surface area (Å²) in [5.41, 5.74) is -1.19. The minimum Gasteiger partial charge on any atom is -0.770 e. The number of rotatable bonds is 11. The molecule has 8 nitrogen and oxygen atoms in total. The van der Waals surface area contributed by atoms with Crippen LogP contribution in [0.2, 0.25) is 0 Å². The summed E-state index contributed by atoms with van der Waals surface area (Å²) < 4.78 is 41.4. The Labute approximate surface area is 178 Å². The second kappa shape index (κ2) is 10.7. The van der Waals surface area contributed by atoms with Crippen molar-refractivity contribution in [2.45, 2.75) is 103 Å². The number of hydrogen-bond donors (Lipinski definition) is 1. The van der Waals surface area contributed by atoms with Gasteiger partial charge in [-0.25, -0.2) is 0 Å². The molecule has 2 aliphatic heterocycles. The lowest BCUT2D eigenvalue weighted by atomic mass is 9.98. The summed E-state index contributed by atoms with van der Waals surface area (Å²) in [6, 6.07) is 0. The van der Waals surface area contributed by atoms with Crippen molar-refractivity contribution in [1.82, 2.24) is 0 Å². The predicted molar refractivity (Wildman–Crippen MR) is 110 cm³/mol. The van der Waals surface area contributed by atoms with Gasteiger partial charge in [-0.2, -0.15) is 0 Å². The Balaban J connectivity index is 1.98. The van der Waals surface area contributed by atoms with Crippen LogP contribution in [0.5, 0.6) is 0 Å². The summed E-state index contributed by atoms with van der Waals surface area (Å²) in [6.45, 7) is 6.84. The monoisotopic (exact) mass is 455 g/mol. The summed E-state index contributed by atoms with van der Waals surface area (Å²) in [4.78, 5) is 12.7. The smallest absolute Gasteiger partial charge is 0.192 e. The van der Waals surface area contributed by atoms with Gasteiger partial charge in [-0.1, -0.05) is 11.4 Å². The van der Waals surface area contributed by atoms with Crippen molar-refractivity contribution < 1.29 is 38.0 Å². The highest BCUT2D eigenvalue weighted by Gasteiger charge is 2.50. The molecule has 2 heterocycles. The van der Waals surface area contributed by atoms with E-state index in [1.807, 2.05) is 41.5 Å². The second-order valence-electron chi connectivity index (χ2n) is 8.53. The van der Waals surface area contributed by atoms with Gasteiger partial charge in [0.2, 0.25) is 0 Å². The Hall–Kier alpha value is 0.300. The predicted octanol–water partition coefficient (Wildman–Crippen LogP) is 2.51. The molecule has 7 atom stereocenters. The van der Waals surface area contributed by atoms with Crippen LogP contribution in [0.25, 0.3) is 0 Å². The van der Waals surface area contributed by atoms with E-state index in [2.05, 4.69) is 0 Å². The average molecular weight is 456 g/mol. The van der Waals surface area contributed by atoms with E-state index in [1.54, 1.807) is 0 Å². The van der Waals surface area contributed by atoms with Gasteiger partial charge >= 0.3 is 0 Å². The van der Waals surface area contributed by atoms with Crippen LogP contribution in [0.4, 0.5) is 0 Å². The molecule has 2 saturated heterocycles. The molecule has 2 aliphatic rings. The lowest BCUT2D eigenvalue weighted by molar-refractivity contribution is -0.205. The first-order valence-corrected chi connectivity index (χ1v) is 13.4. The Morgan fingerprint density at radius 2 is 1.90 bits per heavy atom. The minimum absolute atomic E-state index is 0.0237. The van der Waals surface area contributed by atoms with Crippen LogP contribution in [-0.2, 0) is 28.0 Å². The van der Waals surface area contributed by atoms with Gasteiger partial charge in [-0.3, -0.25) is 4.57 Å². The maximum atomic E-state index is 12.7. The first-order valence-electron chi connectivity index (χ1n) is 10.3. The number of hydrogen-bond acceptors (Lipinski definition) is 9. The number of aliphatic hydroxyl groups is 1. The van der Waals surface area contributed by atoms with Gasteiger partial charge < -0.3 is 33.5 Å². The van der Waals surface area contributed by atoms with E-state index in [0.717, 1.165) is 17.8 Å². The summed E-state index contributed by atoms with van der Waals surface area (Å²) in [7, 11) is 0. The molecule has 29 heavy (non-hydrogen) atoms. The molecule has 0 radical (unpaired) electrons.